The minimum atomic E-state index is -0.237. The molecule has 1 aliphatic rings. The third-order valence-corrected chi connectivity index (χ3v) is 5.58. The number of rotatable bonds is 7. The standard InChI is InChI=1S/C23H30N2O/c1-19-11-8-9-17-25(19)18-10-16-24-23(26)22(20-12-4-2-5-13-20)21-14-6-3-7-15-21/h2-7,12-15,19,22H,8-11,16-18H2,1H3,(H,24,26)/p+1/t19-/m1/s1. The highest BCUT2D eigenvalue weighted by atomic mass is 16.1. The smallest absolute Gasteiger partial charge is 0.232 e. The first-order chi connectivity index (χ1) is 12.8. The summed E-state index contributed by atoms with van der Waals surface area (Å²) in [5.74, 6) is -0.136. The van der Waals surface area contributed by atoms with Gasteiger partial charge < -0.3 is 10.2 Å². The number of amides is 1. The van der Waals surface area contributed by atoms with Crippen molar-refractivity contribution < 1.29 is 9.69 Å². The second kappa shape index (κ2) is 9.54. The van der Waals surface area contributed by atoms with Gasteiger partial charge in [-0.15, -0.1) is 0 Å². The second-order valence-corrected chi connectivity index (χ2v) is 7.45. The lowest BCUT2D eigenvalue weighted by atomic mass is 9.90. The number of piperidine rings is 1. The van der Waals surface area contributed by atoms with E-state index < -0.39 is 0 Å². The molecule has 1 aliphatic heterocycles. The van der Waals surface area contributed by atoms with Crippen LogP contribution >= 0.6 is 0 Å². The monoisotopic (exact) mass is 351 g/mol. The summed E-state index contributed by atoms with van der Waals surface area (Å²) in [6, 6.07) is 20.9. The Morgan fingerprint density at radius 3 is 2.23 bits per heavy atom. The molecule has 2 N–H and O–H groups in total. The van der Waals surface area contributed by atoms with Crippen LogP contribution in [0.5, 0.6) is 0 Å². The molecule has 3 rings (SSSR count). The molecule has 0 saturated carbocycles. The van der Waals surface area contributed by atoms with Gasteiger partial charge in [-0.2, -0.15) is 0 Å². The van der Waals surface area contributed by atoms with Gasteiger partial charge in [0.25, 0.3) is 0 Å². The number of carbonyl (C=O) groups is 1. The van der Waals surface area contributed by atoms with Crippen LogP contribution in [0.3, 0.4) is 0 Å². The van der Waals surface area contributed by atoms with Crippen LogP contribution < -0.4 is 10.2 Å². The van der Waals surface area contributed by atoms with Crippen molar-refractivity contribution in [1.29, 1.82) is 0 Å². The van der Waals surface area contributed by atoms with E-state index in [1.807, 2.05) is 60.7 Å². The zero-order valence-corrected chi connectivity index (χ0v) is 15.8. The fourth-order valence-electron chi connectivity index (χ4n) is 4.04. The van der Waals surface area contributed by atoms with Gasteiger partial charge in [-0.1, -0.05) is 60.7 Å². The number of benzene rings is 2. The molecular weight excluding hydrogens is 320 g/mol. The third kappa shape index (κ3) is 4.95. The molecule has 1 heterocycles. The van der Waals surface area contributed by atoms with Crippen LogP contribution in [0.15, 0.2) is 60.7 Å². The van der Waals surface area contributed by atoms with Crippen LogP contribution in [0.1, 0.15) is 49.7 Å². The number of nitrogens with one attached hydrogen (secondary N) is 2. The van der Waals surface area contributed by atoms with E-state index in [2.05, 4.69) is 12.2 Å². The Labute approximate surface area is 157 Å². The molecule has 1 unspecified atom stereocenters. The van der Waals surface area contributed by atoms with Gasteiger partial charge in [0.1, 0.15) is 0 Å². The van der Waals surface area contributed by atoms with Crippen LogP contribution in [0.25, 0.3) is 0 Å². The highest BCUT2D eigenvalue weighted by Gasteiger charge is 2.23. The van der Waals surface area contributed by atoms with Crippen molar-refractivity contribution in [2.45, 2.75) is 44.6 Å². The molecule has 2 aromatic rings. The Balaban J connectivity index is 1.58. The first kappa shape index (κ1) is 18.7. The van der Waals surface area contributed by atoms with Crippen LogP contribution in [0.2, 0.25) is 0 Å². The molecule has 3 heteroatoms. The average Bonchev–Trinajstić information content (AvgIpc) is 2.68. The lowest BCUT2D eigenvalue weighted by Gasteiger charge is -2.30. The van der Waals surface area contributed by atoms with Crippen molar-refractivity contribution in [1.82, 2.24) is 5.32 Å². The predicted octanol–water partition coefficient (Wildman–Crippen LogP) is 2.78. The van der Waals surface area contributed by atoms with Crippen molar-refractivity contribution in [2.75, 3.05) is 19.6 Å². The van der Waals surface area contributed by atoms with Crippen LogP contribution in [-0.2, 0) is 4.79 Å². The summed E-state index contributed by atoms with van der Waals surface area (Å²) in [6.45, 7) is 5.55. The maximum Gasteiger partial charge on any atom is 0.232 e. The van der Waals surface area contributed by atoms with Crippen molar-refractivity contribution >= 4 is 5.91 Å². The average molecular weight is 352 g/mol. The van der Waals surface area contributed by atoms with Gasteiger partial charge in [-0.25, -0.2) is 0 Å². The van der Waals surface area contributed by atoms with Crippen LogP contribution in [-0.4, -0.2) is 31.6 Å². The van der Waals surface area contributed by atoms with Crippen molar-refractivity contribution in [3.05, 3.63) is 71.8 Å². The van der Waals surface area contributed by atoms with E-state index in [1.54, 1.807) is 4.90 Å². The Morgan fingerprint density at radius 2 is 1.65 bits per heavy atom. The topological polar surface area (TPSA) is 33.5 Å². The SMILES string of the molecule is C[C@@H]1CCCC[NH+]1CCCNC(=O)C(c1ccccc1)c1ccccc1. The summed E-state index contributed by atoms with van der Waals surface area (Å²) in [7, 11) is 0. The summed E-state index contributed by atoms with van der Waals surface area (Å²) >= 11 is 0. The largest absolute Gasteiger partial charge is 0.355 e. The lowest BCUT2D eigenvalue weighted by Crippen LogP contribution is -3.16. The number of quaternary nitrogens is 1. The number of carbonyl (C=O) groups excluding carboxylic acids is 1. The van der Waals surface area contributed by atoms with E-state index in [0.717, 1.165) is 36.7 Å². The second-order valence-electron chi connectivity index (χ2n) is 7.45. The fourth-order valence-corrected chi connectivity index (χ4v) is 4.04. The number of likely N-dealkylation sites (tertiary alicyclic amines) is 1. The normalized spacial score (nSPS) is 20.1. The van der Waals surface area contributed by atoms with Crippen LogP contribution in [0.4, 0.5) is 0 Å². The molecule has 26 heavy (non-hydrogen) atoms. The maximum atomic E-state index is 12.9. The highest BCUT2D eigenvalue weighted by molar-refractivity contribution is 5.87. The summed E-state index contributed by atoms with van der Waals surface area (Å²) in [4.78, 5) is 14.6. The molecule has 0 aliphatic carbocycles. The molecule has 0 spiro atoms. The number of hydrogen-bond donors (Lipinski definition) is 2. The molecule has 0 bridgehead atoms. The van der Waals surface area contributed by atoms with Gasteiger partial charge >= 0.3 is 0 Å². The molecule has 2 atom stereocenters. The Kier molecular flexibility index (Phi) is 6.84. The molecule has 3 nitrogen and oxygen atoms in total. The molecule has 2 aromatic carbocycles. The minimum absolute atomic E-state index is 0.101. The molecule has 0 aromatic heterocycles. The minimum Gasteiger partial charge on any atom is -0.355 e. The Hall–Kier alpha value is -2.13. The zero-order chi connectivity index (χ0) is 18.2. The van der Waals surface area contributed by atoms with E-state index in [1.165, 1.54) is 25.8 Å². The molecule has 1 saturated heterocycles. The Morgan fingerprint density at radius 1 is 1.04 bits per heavy atom. The quantitative estimate of drug-likeness (QED) is 0.739. The molecular formula is C23H31N2O+. The summed E-state index contributed by atoms with van der Waals surface area (Å²) in [5.41, 5.74) is 2.10. The van der Waals surface area contributed by atoms with Gasteiger partial charge in [-0.3, -0.25) is 4.79 Å². The van der Waals surface area contributed by atoms with Gasteiger partial charge in [0.2, 0.25) is 5.91 Å². The lowest BCUT2D eigenvalue weighted by molar-refractivity contribution is -0.928. The van der Waals surface area contributed by atoms with Crippen molar-refractivity contribution in [3.8, 4) is 0 Å². The summed E-state index contributed by atoms with van der Waals surface area (Å²) in [5, 5.41) is 3.18. The van der Waals surface area contributed by atoms with Gasteiger partial charge in [0.05, 0.1) is 25.0 Å². The van der Waals surface area contributed by atoms with Gasteiger partial charge in [0.15, 0.2) is 0 Å². The zero-order valence-electron chi connectivity index (χ0n) is 15.8. The predicted molar refractivity (Wildman–Crippen MR) is 106 cm³/mol. The third-order valence-electron chi connectivity index (χ3n) is 5.58. The molecule has 138 valence electrons. The van der Waals surface area contributed by atoms with E-state index in [9.17, 15) is 4.79 Å². The van der Waals surface area contributed by atoms with Gasteiger partial charge in [-0.05, 0) is 37.3 Å². The van der Waals surface area contributed by atoms with Crippen molar-refractivity contribution in [3.63, 3.8) is 0 Å². The number of hydrogen-bond acceptors (Lipinski definition) is 1. The summed E-state index contributed by atoms with van der Waals surface area (Å²) in [6.07, 6.45) is 5.10. The van der Waals surface area contributed by atoms with E-state index in [0.29, 0.717) is 0 Å². The van der Waals surface area contributed by atoms with Crippen molar-refractivity contribution in [2.24, 2.45) is 0 Å². The van der Waals surface area contributed by atoms with E-state index >= 15 is 0 Å². The first-order valence-corrected chi connectivity index (χ1v) is 9.98. The highest BCUT2D eigenvalue weighted by Crippen LogP contribution is 2.24. The maximum absolute atomic E-state index is 12.9. The molecule has 0 radical (unpaired) electrons. The van der Waals surface area contributed by atoms with E-state index in [-0.39, 0.29) is 11.8 Å². The molecule has 1 amide bonds. The molecule has 1 fully saturated rings. The van der Waals surface area contributed by atoms with Crippen LogP contribution in [0, 0.1) is 0 Å². The summed E-state index contributed by atoms with van der Waals surface area (Å²) < 4.78 is 0. The fraction of sp³-hybridized carbons (Fsp3) is 0.435. The van der Waals surface area contributed by atoms with Gasteiger partial charge in [0, 0.05) is 13.0 Å². The first-order valence-electron chi connectivity index (χ1n) is 9.98. The Bertz CT molecular complexity index is 632. The van der Waals surface area contributed by atoms with E-state index in [4.69, 9.17) is 0 Å².